The molecule has 12 heteroatoms. The highest BCUT2D eigenvalue weighted by Crippen LogP contribution is 2.46. The Kier molecular flexibility index (Phi) is 7.36. The Balaban J connectivity index is 2.02. The van der Waals surface area contributed by atoms with Crippen LogP contribution in [0.5, 0.6) is 0 Å². The highest BCUT2D eigenvalue weighted by atomic mass is 32.2. The number of β-amino-alcohol motifs (C(OH)–C–C–N with tert-alkyl or cyclic N) is 1. The van der Waals surface area contributed by atoms with E-state index in [1.165, 1.54) is 72.8 Å². The third-order valence-corrected chi connectivity index (χ3v) is 13.3. The first kappa shape index (κ1) is 28.4. The molecular weight excluding hydrogens is 550 g/mol. The molecule has 0 bridgehead atoms. The number of rotatable bonds is 7. The van der Waals surface area contributed by atoms with Crippen molar-refractivity contribution in [1.82, 2.24) is 4.31 Å². The lowest BCUT2D eigenvalue weighted by Gasteiger charge is -2.39. The van der Waals surface area contributed by atoms with Crippen LogP contribution < -0.4 is 0 Å². The summed E-state index contributed by atoms with van der Waals surface area (Å²) in [5, 5.41) is 22.2. The van der Waals surface area contributed by atoms with E-state index in [-0.39, 0.29) is 14.7 Å². The zero-order chi connectivity index (χ0) is 28.1. The number of sulfonamides is 1. The third kappa shape index (κ3) is 4.59. The van der Waals surface area contributed by atoms with Crippen LogP contribution in [0.1, 0.15) is 23.1 Å². The van der Waals surface area contributed by atoms with Crippen LogP contribution in [0, 0.1) is 20.8 Å². The largest absolute Gasteiger partial charge is 0.392 e. The average Bonchev–Trinajstić information content (AvgIpc) is 3.24. The third-order valence-electron chi connectivity index (χ3n) is 6.76. The Labute approximate surface area is 223 Å². The summed E-state index contributed by atoms with van der Waals surface area (Å²) in [4.78, 5) is -4.04. The van der Waals surface area contributed by atoms with Gasteiger partial charge in [0.15, 0.2) is 10.3 Å². The first-order valence-electron chi connectivity index (χ1n) is 11.7. The predicted molar refractivity (Wildman–Crippen MR) is 141 cm³/mol. The number of nitrogens with zero attached hydrogens (tertiary/aromatic N) is 1. The second-order valence-electron chi connectivity index (χ2n) is 9.58. The van der Waals surface area contributed by atoms with Crippen molar-refractivity contribution in [2.24, 2.45) is 0 Å². The molecule has 1 saturated heterocycles. The smallest absolute Gasteiger partial charge is 0.244 e. The van der Waals surface area contributed by atoms with Gasteiger partial charge in [-0.15, -0.1) is 0 Å². The van der Waals surface area contributed by atoms with E-state index < -0.39 is 59.1 Å². The lowest BCUT2D eigenvalue weighted by molar-refractivity contribution is 0.138. The van der Waals surface area contributed by atoms with Crippen LogP contribution in [0.3, 0.4) is 0 Å². The van der Waals surface area contributed by atoms with E-state index in [1.807, 2.05) is 0 Å². The molecule has 3 atom stereocenters. The Morgan fingerprint density at radius 3 is 1.55 bits per heavy atom. The van der Waals surface area contributed by atoms with Crippen molar-refractivity contribution in [3.63, 3.8) is 0 Å². The van der Waals surface area contributed by atoms with E-state index in [2.05, 4.69) is 0 Å². The molecule has 3 aromatic carbocycles. The van der Waals surface area contributed by atoms with Crippen molar-refractivity contribution in [3.05, 3.63) is 89.5 Å². The highest BCUT2D eigenvalue weighted by molar-refractivity contribution is 7.97. The molecule has 0 aromatic heterocycles. The van der Waals surface area contributed by atoms with E-state index >= 15 is 0 Å². The van der Waals surface area contributed by atoms with Gasteiger partial charge in [0.1, 0.15) is 0 Å². The molecule has 2 N–H and O–H groups in total. The maximum absolute atomic E-state index is 14.3. The average molecular weight is 580 g/mol. The minimum atomic E-state index is -4.94. The molecule has 38 heavy (non-hydrogen) atoms. The van der Waals surface area contributed by atoms with Crippen molar-refractivity contribution in [2.75, 3.05) is 6.54 Å². The Morgan fingerprint density at radius 2 is 1.11 bits per heavy atom. The molecule has 0 aliphatic carbocycles. The fourth-order valence-corrected chi connectivity index (χ4v) is 11.1. The summed E-state index contributed by atoms with van der Waals surface area (Å²) >= 11 is 0. The number of aliphatic hydroxyl groups is 2. The van der Waals surface area contributed by atoms with E-state index in [9.17, 15) is 35.5 Å². The molecule has 3 aromatic rings. The second-order valence-corrected chi connectivity index (χ2v) is 15.6. The molecule has 0 spiro atoms. The molecule has 1 fully saturated rings. The van der Waals surface area contributed by atoms with Gasteiger partial charge in [-0.1, -0.05) is 53.1 Å². The lowest BCUT2D eigenvalue weighted by Crippen LogP contribution is -2.62. The SMILES string of the molecule is Cc1ccc(S(=O)(=O)C(O)[C@]2(S(=O)(=O)c3ccc(C)cc3)CC(O)CN2S(=O)(=O)c2ccc(C)cc2)cc1. The monoisotopic (exact) mass is 579 g/mol. The number of aliphatic hydroxyl groups excluding tert-OH is 2. The van der Waals surface area contributed by atoms with Gasteiger partial charge in [0.05, 0.1) is 20.8 Å². The number of benzene rings is 3. The predicted octanol–water partition coefficient (Wildman–Crippen LogP) is 2.33. The fraction of sp³-hybridized carbons (Fsp3) is 0.308. The van der Waals surface area contributed by atoms with Gasteiger partial charge in [0, 0.05) is 13.0 Å². The standard InChI is InChI=1S/C26H29NO8S3/c1-18-4-10-22(11-5-18)36(30,31)25(29)26(37(32,33)23-12-6-19(2)7-13-23)16-21(28)17-27(26)38(34,35)24-14-8-20(3)9-15-24/h4-15,21,25,28-29H,16-17H2,1-3H3/t21?,25?,26-/m1/s1. The van der Waals surface area contributed by atoms with E-state index in [1.54, 1.807) is 20.8 Å². The van der Waals surface area contributed by atoms with Crippen molar-refractivity contribution < 1.29 is 35.5 Å². The van der Waals surface area contributed by atoms with Crippen LogP contribution in [0.25, 0.3) is 0 Å². The van der Waals surface area contributed by atoms with E-state index in [0.29, 0.717) is 9.87 Å². The van der Waals surface area contributed by atoms with Gasteiger partial charge < -0.3 is 10.2 Å². The zero-order valence-electron chi connectivity index (χ0n) is 21.0. The number of hydrogen-bond donors (Lipinski definition) is 2. The van der Waals surface area contributed by atoms with Crippen molar-refractivity contribution >= 4 is 29.7 Å². The Morgan fingerprint density at radius 1 is 0.711 bits per heavy atom. The van der Waals surface area contributed by atoms with Gasteiger partial charge in [0.2, 0.25) is 29.7 Å². The summed E-state index contributed by atoms with van der Waals surface area (Å²) < 4.78 is 84.2. The minimum Gasteiger partial charge on any atom is -0.392 e. The number of hydrogen-bond acceptors (Lipinski definition) is 8. The van der Waals surface area contributed by atoms with E-state index in [4.69, 9.17) is 0 Å². The Bertz CT molecular complexity index is 1650. The molecule has 0 saturated carbocycles. The summed E-state index contributed by atoms with van der Waals surface area (Å²) in [7, 11) is -14.5. The van der Waals surface area contributed by atoms with Crippen LogP contribution in [0.15, 0.2) is 87.5 Å². The van der Waals surface area contributed by atoms with Gasteiger partial charge in [-0.3, -0.25) is 0 Å². The second kappa shape index (κ2) is 9.85. The molecule has 0 amide bonds. The van der Waals surface area contributed by atoms with Crippen LogP contribution >= 0.6 is 0 Å². The van der Waals surface area contributed by atoms with Crippen LogP contribution in [-0.2, 0) is 29.7 Å². The quantitative estimate of drug-likeness (QED) is 0.434. The molecule has 204 valence electrons. The summed E-state index contributed by atoms with van der Waals surface area (Å²) in [5.74, 6) is 0. The highest BCUT2D eigenvalue weighted by Gasteiger charge is 2.67. The van der Waals surface area contributed by atoms with Gasteiger partial charge >= 0.3 is 0 Å². The van der Waals surface area contributed by atoms with Crippen molar-refractivity contribution in [2.45, 2.75) is 58.3 Å². The summed E-state index contributed by atoms with van der Waals surface area (Å²) in [6.07, 6.45) is -2.43. The number of aryl methyl sites for hydroxylation is 3. The molecule has 9 nitrogen and oxygen atoms in total. The summed E-state index contributed by atoms with van der Waals surface area (Å²) in [6.45, 7) is 4.44. The van der Waals surface area contributed by atoms with Gasteiger partial charge in [-0.25, -0.2) is 25.3 Å². The zero-order valence-corrected chi connectivity index (χ0v) is 23.5. The van der Waals surface area contributed by atoms with Gasteiger partial charge in [-0.05, 0) is 57.2 Å². The lowest BCUT2D eigenvalue weighted by atomic mass is 10.2. The first-order chi connectivity index (χ1) is 17.6. The maximum atomic E-state index is 14.3. The van der Waals surface area contributed by atoms with Crippen molar-refractivity contribution in [1.29, 1.82) is 0 Å². The van der Waals surface area contributed by atoms with Crippen LogP contribution in [0.4, 0.5) is 0 Å². The van der Waals surface area contributed by atoms with Gasteiger partial charge in [-0.2, -0.15) is 4.31 Å². The topological polar surface area (TPSA) is 146 Å². The maximum Gasteiger partial charge on any atom is 0.244 e. The molecule has 1 aliphatic rings. The van der Waals surface area contributed by atoms with Crippen molar-refractivity contribution in [3.8, 4) is 0 Å². The summed E-state index contributed by atoms with van der Waals surface area (Å²) in [5.41, 5.74) is -0.589. The summed E-state index contributed by atoms with van der Waals surface area (Å²) in [6, 6.07) is 16.3. The fourth-order valence-electron chi connectivity index (χ4n) is 4.61. The molecule has 0 radical (unpaired) electrons. The molecule has 1 aliphatic heterocycles. The van der Waals surface area contributed by atoms with Gasteiger partial charge in [0.25, 0.3) is 0 Å². The molecule has 4 rings (SSSR count). The number of sulfone groups is 2. The normalized spacial score (nSPS) is 21.9. The molecule has 1 heterocycles. The van der Waals surface area contributed by atoms with E-state index in [0.717, 1.165) is 11.1 Å². The first-order valence-corrected chi connectivity index (χ1v) is 16.2. The molecular formula is C26H29NO8S3. The Hall–Kier alpha value is -2.61. The van der Waals surface area contributed by atoms with Crippen LogP contribution in [0.2, 0.25) is 0 Å². The minimum absolute atomic E-state index is 0.305. The molecule has 2 unspecified atom stereocenters. The van der Waals surface area contributed by atoms with Crippen LogP contribution in [-0.4, -0.2) is 62.7 Å².